The lowest BCUT2D eigenvalue weighted by Gasteiger charge is -2.30. The van der Waals surface area contributed by atoms with E-state index in [1.165, 1.54) is 25.7 Å². The Morgan fingerprint density at radius 1 is 1.11 bits per heavy atom. The van der Waals surface area contributed by atoms with Crippen LogP contribution in [-0.2, 0) is 0 Å². The first-order valence-electron chi connectivity index (χ1n) is 7.21. The molecule has 0 saturated heterocycles. The van der Waals surface area contributed by atoms with Crippen molar-refractivity contribution in [2.24, 2.45) is 17.6 Å². The SMILES string of the molecule is CC1CCC(C(N)c2cnc3ccccc3n2)CC1. The van der Waals surface area contributed by atoms with Crippen molar-refractivity contribution in [3.63, 3.8) is 0 Å². The molecule has 1 aliphatic carbocycles. The molecule has 0 amide bonds. The van der Waals surface area contributed by atoms with E-state index in [1.54, 1.807) is 0 Å². The number of hydrogen-bond donors (Lipinski definition) is 1. The zero-order valence-electron chi connectivity index (χ0n) is 11.4. The Labute approximate surface area is 114 Å². The van der Waals surface area contributed by atoms with Crippen LogP contribution in [0, 0.1) is 11.8 Å². The fourth-order valence-corrected chi connectivity index (χ4v) is 3.02. The number of hydrogen-bond acceptors (Lipinski definition) is 3. The molecule has 0 spiro atoms. The predicted octanol–water partition coefficient (Wildman–Crippen LogP) is 3.46. The quantitative estimate of drug-likeness (QED) is 0.894. The van der Waals surface area contributed by atoms with Crippen LogP contribution in [0.15, 0.2) is 30.5 Å². The van der Waals surface area contributed by atoms with Crippen molar-refractivity contribution in [1.82, 2.24) is 9.97 Å². The van der Waals surface area contributed by atoms with Gasteiger partial charge in [-0.1, -0.05) is 31.9 Å². The van der Waals surface area contributed by atoms with E-state index in [0.717, 1.165) is 22.6 Å². The van der Waals surface area contributed by atoms with Crippen LogP contribution in [0.5, 0.6) is 0 Å². The van der Waals surface area contributed by atoms with Gasteiger partial charge in [-0.2, -0.15) is 0 Å². The maximum absolute atomic E-state index is 6.40. The van der Waals surface area contributed by atoms with E-state index in [4.69, 9.17) is 5.73 Å². The normalized spacial score (nSPS) is 25.4. The molecule has 1 saturated carbocycles. The molecule has 1 unspecified atom stereocenters. The smallest absolute Gasteiger partial charge is 0.0890 e. The Balaban J connectivity index is 1.83. The summed E-state index contributed by atoms with van der Waals surface area (Å²) in [6.07, 6.45) is 6.87. The third-order valence-corrected chi connectivity index (χ3v) is 4.38. The lowest BCUT2D eigenvalue weighted by molar-refractivity contribution is 0.254. The van der Waals surface area contributed by atoms with Crippen LogP contribution in [0.2, 0.25) is 0 Å². The molecular weight excluding hydrogens is 234 g/mol. The molecule has 1 aromatic carbocycles. The fourth-order valence-electron chi connectivity index (χ4n) is 3.02. The Morgan fingerprint density at radius 2 is 1.79 bits per heavy atom. The second kappa shape index (κ2) is 5.25. The van der Waals surface area contributed by atoms with Gasteiger partial charge in [0, 0.05) is 0 Å². The average molecular weight is 255 g/mol. The second-order valence-corrected chi connectivity index (χ2v) is 5.83. The van der Waals surface area contributed by atoms with Crippen molar-refractivity contribution in [2.75, 3.05) is 0 Å². The number of nitrogens with two attached hydrogens (primary N) is 1. The maximum atomic E-state index is 6.40. The first-order chi connectivity index (χ1) is 9.24. The van der Waals surface area contributed by atoms with Gasteiger partial charge in [-0.25, -0.2) is 4.98 Å². The fraction of sp³-hybridized carbons (Fsp3) is 0.500. The first-order valence-corrected chi connectivity index (χ1v) is 7.21. The van der Waals surface area contributed by atoms with E-state index in [9.17, 15) is 0 Å². The van der Waals surface area contributed by atoms with Gasteiger partial charge in [0.1, 0.15) is 0 Å². The summed E-state index contributed by atoms with van der Waals surface area (Å²) in [6, 6.07) is 8.00. The Hall–Kier alpha value is -1.48. The summed E-state index contributed by atoms with van der Waals surface area (Å²) in [6.45, 7) is 2.33. The third kappa shape index (κ3) is 2.61. The van der Waals surface area contributed by atoms with E-state index in [0.29, 0.717) is 5.92 Å². The van der Waals surface area contributed by atoms with E-state index >= 15 is 0 Å². The monoisotopic (exact) mass is 255 g/mol. The van der Waals surface area contributed by atoms with E-state index < -0.39 is 0 Å². The minimum Gasteiger partial charge on any atom is -0.322 e. The molecule has 3 heteroatoms. The maximum Gasteiger partial charge on any atom is 0.0890 e. The predicted molar refractivity (Wildman–Crippen MR) is 77.6 cm³/mol. The zero-order valence-corrected chi connectivity index (χ0v) is 11.4. The van der Waals surface area contributed by atoms with Gasteiger partial charge in [0.05, 0.1) is 29.0 Å². The minimum atomic E-state index is 0.0320. The summed E-state index contributed by atoms with van der Waals surface area (Å²) in [7, 11) is 0. The summed E-state index contributed by atoms with van der Waals surface area (Å²) in [5, 5.41) is 0. The van der Waals surface area contributed by atoms with Gasteiger partial charge < -0.3 is 5.73 Å². The van der Waals surface area contributed by atoms with E-state index in [2.05, 4.69) is 16.9 Å². The highest BCUT2D eigenvalue weighted by molar-refractivity contribution is 5.73. The van der Waals surface area contributed by atoms with Crippen LogP contribution < -0.4 is 5.73 Å². The van der Waals surface area contributed by atoms with Crippen molar-refractivity contribution in [3.05, 3.63) is 36.2 Å². The summed E-state index contributed by atoms with van der Waals surface area (Å²) in [4.78, 5) is 9.15. The van der Waals surface area contributed by atoms with Gasteiger partial charge in [-0.05, 0) is 36.8 Å². The molecule has 1 fully saturated rings. The minimum absolute atomic E-state index is 0.0320. The van der Waals surface area contributed by atoms with Crippen LogP contribution in [-0.4, -0.2) is 9.97 Å². The number of rotatable bonds is 2. The lowest BCUT2D eigenvalue weighted by Crippen LogP contribution is -2.26. The highest BCUT2D eigenvalue weighted by Crippen LogP contribution is 2.34. The number of nitrogens with zero attached hydrogens (tertiary/aromatic N) is 2. The molecule has 0 bridgehead atoms. The largest absolute Gasteiger partial charge is 0.322 e. The molecular formula is C16H21N3. The van der Waals surface area contributed by atoms with Crippen molar-refractivity contribution in [1.29, 1.82) is 0 Å². The first kappa shape index (κ1) is 12.5. The molecule has 19 heavy (non-hydrogen) atoms. The van der Waals surface area contributed by atoms with Gasteiger partial charge in [-0.15, -0.1) is 0 Å². The zero-order chi connectivity index (χ0) is 13.2. The summed E-state index contributed by atoms with van der Waals surface area (Å²) in [5.41, 5.74) is 9.23. The lowest BCUT2D eigenvalue weighted by atomic mass is 9.79. The number of fused-ring (bicyclic) bond motifs is 1. The van der Waals surface area contributed by atoms with E-state index in [-0.39, 0.29) is 6.04 Å². The molecule has 100 valence electrons. The van der Waals surface area contributed by atoms with Gasteiger partial charge in [-0.3, -0.25) is 4.98 Å². The van der Waals surface area contributed by atoms with Gasteiger partial charge in [0.15, 0.2) is 0 Å². The number of benzene rings is 1. The number of aromatic nitrogens is 2. The highest BCUT2D eigenvalue weighted by atomic mass is 14.8. The molecule has 0 radical (unpaired) electrons. The Bertz CT molecular complexity index is 559. The Kier molecular flexibility index (Phi) is 3.47. The van der Waals surface area contributed by atoms with Crippen LogP contribution in [0.3, 0.4) is 0 Å². The molecule has 1 atom stereocenters. The van der Waals surface area contributed by atoms with Crippen LogP contribution in [0.25, 0.3) is 11.0 Å². The van der Waals surface area contributed by atoms with Crippen molar-refractivity contribution in [3.8, 4) is 0 Å². The molecule has 2 N–H and O–H groups in total. The summed E-state index contributed by atoms with van der Waals surface area (Å²) < 4.78 is 0. The van der Waals surface area contributed by atoms with Crippen molar-refractivity contribution in [2.45, 2.75) is 38.6 Å². The van der Waals surface area contributed by atoms with E-state index in [1.807, 2.05) is 30.5 Å². The molecule has 0 aliphatic heterocycles. The van der Waals surface area contributed by atoms with Gasteiger partial charge in [0.2, 0.25) is 0 Å². The van der Waals surface area contributed by atoms with Gasteiger partial charge >= 0.3 is 0 Å². The topological polar surface area (TPSA) is 51.8 Å². The summed E-state index contributed by atoms with van der Waals surface area (Å²) in [5.74, 6) is 1.41. The molecule has 3 rings (SSSR count). The Morgan fingerprint density at radius 3 is 2.53 bits per heavy atom. The van der Waals surface area contributed by atoms with Crippen LogP contribution >= 0.6 is 0 Å². The molecule has 3 nitrogen and oxygen atoms in total. The summed E-state index contributed by atoms with van der Waals surface area (Å²) >= 11 is 0. The number of para-hydroxylation sites is 2. The average Bonchev–Trinajstić information content (AvgIpc) is 2.47. The van der Waals surface area contributed by atoms with Crippen molar-refractivity contribution >= 4 is 11.0 Å². The molecule has 1 heterocycles. The second-order valence-electron chi connectivity index (χ2n) is 5.83. The van der Waals surface area contributed by atoms with Crippen LogP contribution in [0.1, 0.15) is 44.3 Å². The third-order valence-electron chi connectivity index (χ3n) is 4.38. The highest BCUT2D eigenvalue weighted by Gasteiger charge is 2.25. The van der Waals surface area contributed by atoms with Crippen molar-refractivity contribution < 1.29 is 0 Å². The van der Waals surface area contributed by atoms with Crippen LogP contribution in [0.4, 0.5) is 0 Å². The molecule has 1 aliphatic rings. The molecule has 1 aromatic heterocycles. The standard InChI is InChI=1S/C16H21N3/c1-11-6-8-12(9-7-11)16(17)15-10-18-13-4-2-3-5-14(13)19-15/h2-5,10-12,16H,6-9,17H2,1H3. The molecule has 2 aromatic rings. The van der Waals surface area contributed by atoms with Gasteiger partial charge in [0.25, 0.3) is 0 Å².